The van der Waals surface area contributed by atoms with Gasteiger partial charge in [0.1, 0.15) is 12.1 Å². The fraction of sp³-hybridized carbons (Fsp3) is 0.880. The van der Waals surface area contributed by atoms with Crippen molar-refractivity contribution in [2.24, 2.45) is 37.9 Å². The van der Waals surface area contributed by atoms with E-state index in [1.807, 2.05) is 13.8 Å². The first-order valence-electron chi connectivity index (χ1n) is 24.8. The molecule has 0 bridgehead atoms. The van der Waals surface area contributed by atoms with E-state index in [1.165, 1.54) is 11.8 Å². The average Bonchev–Trinajstić information content (AvgIpc) is 3.41. The van der Waals surface area contributed by atoms with Gasteiger partial charge in [0.15, 0.2) is 0 Å². The topological polar surface area (TPSA) is 241 Å². The number of rotatable bonds is 27. The summed E-state index contributed by atoms with van der Waals surface area (Å²) in [4.78, 5) is 77.4. The summed E-state index contributed by atoms with van der Waals surface area (Å²) in [5.74, 6) is -0.408. The number of carbonyl (C=O) groups is 6. The van der Waals surface area contributed by atoms with Crippen molar-refractivity contribution in [3.05, 3.63) is 0 Å². The van der Waals surface area contributed by atoms with Gasteiger partial charge >= 0.3 is 24.3 Å². The molecule has 1 aliphatic heterocycles. The Balaban J connectivity index is 0.0000173. The van der Waals surface area contributed by atoms with Crippen molar-refractivity contribution < 1.29 is 62.3 Å². The molecule has 0 spiro atoms. The third-order valence-electron chi connectivity index (χ3n) is 13.5. The van der Waals surface area contributed by atoms with Crippen LogP contribution in [-0.2, 0) is 38.0 Å². The molecule has 2 saturated carbocycles. The molecule has 1 saturated heterocycles. The fourth-order valence-electron chi connectivity index (χ4n) is 10.8. The molecule has 71 heavy (non-hydrogen) atoms. The quantitative estimate of drug-likeness (QED) is 0.0218. The Labute approximate surface area is 425 Å². The predicted octanol–water partition coefficient (Wildman–Crippen LogP) is 6.67. The van der Waals surface area contributed by atoms with Gasteiger partial charge in [0.05, 0.1) is 52.9 Å². The van der Waals surface area contributed by atoms with E-state index in [4.69, 9.17) is 28.4 Å². The number of hydrogen-bond acceptors (Lipinski definition) is 13. The first-order valence-corrected chi connectivity index (χ1v) is 25.9. The van der Waals surface area contributed by atoms with Crippen molar-refractivity contribution >= 4 is 52.1 Å². The summed E-state index contributed by atoms with van der Waals surface area (Å²) in [5.41, 5.74) is -3.88. The Morgan fingerprint density at radius 1 is 0.690 bits per heavy atom. The van der Waals surface area contributed by atoms with Gasteiger partial charge in [0.25, 0.3) is 5.91 Å². The number of unbranched alkanes of at least 4 members (excludes halogenated alkanes) is 1. The van der Waals surface area contributed by atoms with Crippen LogP contribution in [0.25, 0.3) is 0 Å². The molecule has 7 amide bonds. The van der Waals surface area contributed by atoms with E-state index in [0.29, 0.717) is 57.3 Å². The molecule has 1 heterocycles. The number of alkyl halides is 1. The number of urea groups is 1. The number of amides is 7. The van der Waals surface area contributed by atoms with Crippen molar-refractivity contribution in [2.45, 2.75) is 152 Å². The monoisotopic (exact) mass is 1330 g/mol. The number of methoxy groups -OCH3 is 1. The fourth-order valence-corrected chi connectivity index (χ4v) is 11.2. The molecule has 21 heteroatoms. The molecule has 406 valence electrons. The number of carbonyl (C=O) groups excluding carboxylic acids is 6. The van der Waals surface area contributed by atoms with E-state index in [9.17, 15) is 33.9 Å². The summed E-state index contributed by atoms with van der Waals surface area (Å²) in [6, 6.07) is -0.692. The van der Waals surface area contributed by atoms with Crippen molar-refractivity contribution in [3.8, 4) is 0 Å². The maximum absolute atomic E-state index is 13.3. The van der Waals surface area contributed by atoms with E-state index >= 15 is 0 Å². The summed E-state index contributed by atoms with van der Waals surface area (Å²) >= 11 is 3.54. The normalized spacial score (nSPS) is 26.0. The van der Waals surface area contributed by atoms with Crippen molar-refractivity contribution in [2.75, 3.05) is 91.5 Å². The molecule has 3 rings (SSSR count). The molecule has 0 radical (unpaired) electrons. The van der Waals surface area contributed by atoms with Crippen LogP contribution < -0.4 is 26.6 Å². The zero-order chi connectivity index (χ0) is 52.8. The zero-order valence-corrected chi connectivity index (χ0v) is 53.4. The minimum absolute atomic E-state index is 0. The predicted molar refractivity (Wildman–Crippen MR) is 268 cm³/mol. The second-order valence-electron chi connectivity index (χ2n) is 24.7. The average molecular weight is 1330 g/mol. The molecule has 2 aliphatic carbocycles. The second kappa shape index (κ2) is 26.0. The molecule has 0 aromatic heterocycles. The molecular weight excluding hydrogens is 1240 g/mol. The second-order valence-corrected chi connectivity index (χ2v) is 25.3. The molecule has 0 aromatic carbocycles. The van der Waals surface area contributed by atoms with Crippen LogP contribution in [0.3, 0.4) is 0 Å². The van der Waals surface area contributed by atoms with Crippen LogP contribution in [0, 0.1) is 37.9 Å². The van der Waals surface area contributed by atoms with E-state index in [-0.39, 0.29) is 104 Å². The number of nitrogens with one attached hydrogen (secondary N) is 5. The van der Waals surface area contributed by atoms with Gasteiger partial charge in [-0.3, -0.25) is 14.5 Å². The van der Waals surface area contributed by atoms with Crippen molar-refractivity contribution in [1.29, 1.82) is 0 Å². The molecular formula is C50H89BrN6O13Rf. The van der Waals surface area contributed by atoms with Gasteiger partial charge in [-0.05, 0) is 86.9 Å². The largest absolute Gasteiger partial charge is 0.450 e. The van der Waals surface area contributed by atoms with Crippen LogP contribution in [0.5, 0.6) is 0 Å². The zero-order valence-electron chi connectivity index (χ0n) is 45.4. The number of aliphatic hydroxyl groups excluding tert-OH is 1. The Morgan fingerprint density at radius 2 is 1.15 bits per heavy atom. The van der Waals surface area contributed by atoms with Gasteiger partial charge in [0.2, 0.25) is 5.91 Å². The van der Waals surface area contributed by atoms with Crippen LogP contribution in [0.1, 0.15) is 134 Å². The molecule has 3 fully saturated rings. The maximum Gasteiger partial charge on any atom is 0.407 e. The number of halogens is 1. The van der Waals surface area contributed by atoms with Crippen LogP contribution in [0.2, 0.25) is 0 Å². The Bertz CT molecular complexity index is 1800. The van der Waals surface area contributed by atoms with Crippen molar-refractivity contribution in [3.63, 3.8) is 0 Å². The molecule has 3 aliphatic rings. The summed E-state index contributed by atoms with van der Waals surface area (Å²) in [6.45, 7) is 24.9. The Hall–Kier alpha value is -4.46. The van der Waals surface area contributed by atoms with Crippen LogP contribution >= 0.6 is 15.9 Å². The van der Waals surface area contributed by atoms with Gasteiger partial charge in [-0.1, -0.05) is 78.2 Å². The van der Waals surface area contributed by atoms with E-state index < -0.39 is 40.7 Å². The number of imide groups is 1. The van der Waals surface area contributed by atoms with Gasteiger partial charge in [0, 0.05) is 67.3 Å². The minimum atomic E-state index is -1.05. The Kier molecular flexibility index (Phi) is 22.9. The van der Waals surface area contributed by atoms with Gasteiger partial charge in [-0.2, -0.15) is 0 Å². The van der Waals surface area contributed by atoms with E-state index in [2.05, 4.69) is 84.1 Å². The van der Waals surface area contributed by atoms with E-state index in [1.54, 1.807) is 27.9 Å². The Morgan fingerprint density at radius 3 is 1.58 bits per heavy atom. The number of aliphatic hydroxyl groups is 1. The van der Waals surface area contributed by atoms with E-state index in [0.717, 1.165) is 25.7 Å². The standard InChI is InChI=1S/C50H89BrN6O13.Rf/c1-35(59)54-36-18-43(2,3)22-46(8,20-36)25-52-40(62)68-16-14-15-17-69-41(63)53-26-47(9)21-37(19-44(4,5)23-47)55-42(64)70-34-50(12,28-58)33-67-32-49(11,31-66-30-48(10,24-51)29-65-13)27-57-38(60)45(6,7)56-39(57)61;/h36-37,58H,14-34H2,1-13H3,(H,52,62)(H,53,63)(H,54,59)(H,55,64)(H,56,61);. The first kappa shape index (κ1) is 62.7. The van der Waals surface area contributed by atoms with Crippen LogP contribution in [-0.4, -0.2) is 155 Å². The molecule has 7 unspecified atom stereocenters. The number of nitrogens with zero attached hydrogens (tertiary/aromatic N) is 1. The third-order valence-corrected chi connectivity index (χ3v) is 14.8. The van der Waals surface area contributed by atoms with Gasteiger partial charge in [-0.25, -0.2) is 19.2 Å². The summed E-state index contributed by atoms with van der Waals surface area (Å²) < 4.78 is 34.3. The minimum Gasteiger partial charge on any atom is -0.450 e. The molecule has 0 aromatic rings. The van der Waals surface area contributed by atoms with Crippen LogP contribution in [0.15, 0.2) is 0 Å². The summed E-state index contributed by atoms with van der Waals surface area (Å²) in [5, 5.41) is 25.7. The van der Waals surface area contributed by atoms with Crippen molar-refractivity contribution in [1.82, 2.24) is 31.5 Å². The summed E-state index contributed by atoms with van der Waals surface area (Å²) in [6.07, 6.45) is 3.96. The number of hydrogen-bond donors (Lipinski definition) is 6. The first-order chi connectivity index (χ1) is 32.3. The maximum atomic E-state index is 13.3. The summed E-state index contributed by atoms with van der Waals surface area (Å²) in [7, 11) is 1.62. The molecule has 6 N–H and O–H groups in total. The SMILES string of the molecule is COCC(C)(CBr)COCC(C)(COCC(C)(CO)COC(=O)NC1CC(C)(C)CC(C)(CNC(=O)OCCCCOC(=O)NCC2(C)CC(NC(C)=O)CC(C)(C)C2)C1)CN1C(=O)NC(C)(C)C1=O.[Rf]. The molecule has 19 nitrogen and oxygen atoms in total. The third kappa shape index (κ3) is 20.9. The molecule has 7 atom stereocenters. The van der Waals surface area contributed by atoms with Crippen LogP contribution in [0.4, 0.5) is 19.2 Å². The number of alkyl carbamates (subject to hydrolysis) is 3. The smallest absolute Gasteiger partial charge is 0.407 e. The van der Waals surface area contributed by atoms with Gasteiger partial charge < -0.3 is 60.1 Å². The van der Waals surface area contributed by atoms with Gasteiger partial charge in [-0.15, -0.1) is 0 Å². The number of ether oxygens (including phenoxy) is 6.